The molecule has 1 saturated carbocycles. The number of alkyl halides is 1. The van der Waals surface area contributed by atoms with Crippen molar-refractivity contribution in [1.29, 1.82) is 0 Å². The number of likely N-dealkylation sites (tertiary alicyclic amines) is 1. The highest BCUT2D eigenvalue weighted by Crippen LogP contribution is 2.44. The molecule has 0 bridgehead atoms. The Morgan fingerprint density at radius 3 is 2.44 bits per heavy atom. The van der Waals surface area contributed by atoms with Crippen molar-refractivity contribution in [3.63, 3.8) is 0 Å². The molecule has 2 aromatic heterocycles. The average molecular weight is 627 g/mol. The van der Waals surface area contributed by atoms with Crippen LogP contribution in [0.4, 0.5) is 4.39 Å². The Labute approximate surface area is 262 Å². The number of benzene rings is 1. The minimum atomic E-state index is -1.29. The number of carboxylic acid groups (broad SMARTS) is 1. The molecule has 244 valence electrons. The van der Waals surface area contributed by atoms with Crippen molar-refractivity contribution in [2.45, 2.75) is 104 Å². The molecule has 0 spiro atoms. The van der Waals surface area contributed by atoms with Crippen LogP contribution in [-0.2, 0) is 9.59 Å². The molecule has 1 aromatic carbocycles. The van der Waals surface area contributed by atoms with Crippen molar-refractivity contribution in [2.24, 2.45) is 5.41 Å². The van der Waals surface area contributed by atoms with Gasteiger partial charge in [0.25, 0.3) is 17.5 Å². The van der Waals surface area contributed by atoms with E-state index < -0.39 is 29.2 Å². The standard InChI is InChI=1S/C33H43FN4O7/c1-7-15-42-28-25-29(37-31(36-28)44-23-12-9-8-11-22(23)34)45-27(35-25)21-16-19(2)26(20(3)17-21)43-18-24(39)38-14-10-13-33(38,30(40)41)32(4,5)6/h16-17,22-23H,7-15,18H2,1-6H3,(H,40,41). The van der Waals surface area contributed by atoms with Crippen LogP contribution in [0.25, 0.3) is 22.7 Å². The van der Waals surface area contributed by atoms with Gasteiger partial charge in [0.2, 0.25) is 5.89 Å². The van der Waals surface area contributed by atoms with Crippen molar-refractivity contribution in [3.8, 4) is 29.1 Å². The van der Waals surface area contributed by atoms with Gasteiger partial charge in [0.15, 0.2) is 12.1 Å². The monoisotopic (exact) mass is 626 g/mol. The first-order valence-corrected chi connectivity index (χ1v) is 15.8. The number of aliphatic carboxylic acids is 1. The van der Waals surface area contributed by atoms with Crippen molar-refractivity contribution in [2.75, 3.05) is 19.8 Å². The van der Waals surface area contributed by atoms with Gasteiger partial charge in [-0.1, -0.05) is 34.1 Å². The van der Waals surface area contributed by atoms with Crippen LogP contribution in [0, 0.1) is 19.3 Å². The van der Waals surface area contributed by atoms with Gasteiger partial charge in [-0.25, -0.2) is 14.2 Å². The molecule has 3 atom stereocenters. The van der Waals surface area contributed by atoms with Gasteiger partial charge in [0, 0.05) is 12.1 Å². The lowest BCUT2D eigenvalue weighted by atomic mass is 9.71. The van der Waals surface area contributed by atoms with E-state index in [0.717, 1.165) is 30.4 Å². The fourth-order valence-corrected chi connectivity index (χ4v) is 6.57. The number of aromatic nitrogens is 3. The molecule has 1 amide bonds. The maximum Gasteiger partial charge on any atom is 0.330 e. The summed E-state index contributed by atoms with van der Waals surface area (Å²) in [6, 6.07) is 3.65. The van der Waals surface area contributed by atoms with Crippen LogP contribution in [0.2, 0.25) is 0 Å². The molecule has 1 saturated heterocycles. The van der Waals surface area contributed by atoms with Gasteiger partial charge < -0.3 is 28.6 Å². The summed E-state index contributed by atoms with van der Waals surface area (Å²) in [6.07, 6.45) is 2.80. The molecule has 2 aliphatic rings. The predicted octanol–water partition coefficient (Wildman–Crippen LogP) is 6.22. The Bertz CT molecular complexity index is 1550. The zero-order chi connectivity index (χ0) is 32.5. The van der Waals surface area contributed by atoms with E-state index in [2.05, 4.69) is 15.0 Å². The highest BCUT2D eigenvalue weighted by atomic mass is 19.1. The zero-order valence-corrected chi connectivity index (χ0v) is 26.9. The van der Waals surface area contributed by atoms with E-state index in [4.69, 9.17) is 18.6 Å². The fraction of sp³-hybridized carbons (Fsp3) is 0.606. The van der Waals surface area contributed by atoms with Gasteiger partial charge in [0.05, 0.1) is 6.61 Å². The van der Waals surface area contributed by atoms with Gasteiger partial charge >= 0.3 is 12.0 Å². The summed E-state index contributed by atoms with van der Waals surface area (Å²) in [5.74, 6) is -0.353. The van der Waals surface area contributed by atoms with E-state index in [0.29, 0.717) is 55.7 Å². The van der Waals surface area contributed by atoms with Crippen molar-refractivity contribution in [1.82, 2.24) is 19.9 Å². The third-order valence-electron chi connectivity index (χ3n) is 8.85. The second kappa shape index (κ2) is 12.8. The molecule has 11 nitrogen and oxygen atoms in total. The topological polar surface area (TPSA) is 137 Å². The number of halogens is 1. The quantitative estimate of drug-likeness (QED) is 0.276. The molecule has 3 aromatic rings. The minimum absolute atomic E-state index is 0.0111. The second-order valence-electron chi connectivity index (χ2n) is 13.1. The van der Waals surface area contributed by atoms with E-state index in [1.54, 1.807) is 0 Å². The Morgan fingerprint density at radius 1 is 1.09 bits per heavy atom. The fourth-order valence-electron chi connectivity index (χ4n) is 6.57. The molecule has 0 radical (unpaired) electrons. The summed E-state index contributed by atoms with van der Waals surface area (Å²) in [6.45, 7) is 11.7. The van der Waals surface area contributed by atoms with Gasteiger partial charge in [-0.2, -0.15) is 9.97 Å². The van der Waals surface area contributed by atoms with Crippen LogP contribution < -0.4 is 14.2 Å². The number of amides is 1. The Balaban J connectivity index is 1.38. The maximum absolute atomic E-state index is 14.5. The van der Waals surface area contributed by atoms with Crippen LogP contribution in [0.5, 0.6) is 17.6 Å². The van der Waals surface area contributed by atoms with Gasteiger partial charge in [-0.3, -0.25) is 4.79 Å². The number of fused-ring (bicyclic) bond motifs is 1. The molecule has 1 aliphatic carbocycles. The smallest absolute Gasteiger partial charge is 0.330 e. The van der Waals surface area contributed by atoms with Crippen LogP contribution in [-0.4, -0.2) is 74.4 Å². The summed E-state index contributed by atoms with van der Waals surface area (Å²) >= 11 is 0. The van der Waals surface area contributed by atoms with Crippen molar-refractivity contribution in [3.05, 3.63) is 23.3 Å². The maximum atomic E-state index is 14.5. The number of hydrogen-bond donors (Lipinski definition) is 1. The lowest BCUT2D eigenvalue weighted by Gasteiger charge is -2.44. The Hall–Kier alpha value is -3.96. The van der Waals surface area contributed by atoms with E-state index in [1.807, 2.05) is 53.7 Å². The normalized spacial score (nSPS) is 22.1. The summed E-state index contributed by atoms with van der Waals surface area (Å²) < 4.78 is 38.2. The molecule has 1 aliphatic heterocycles. The van der Waals surface area contributed by atoms with Crippen LogP contribution in [0.1, 0.15) is 83.8 Å². The van der Waals surface area contributed by atoms with Crippen molar-refractivity contribution < 1.29 is 37.7 Å². The van der Waals surface area contributed by atoms with Gasteiger partial charge in [-0.05, 0) is 81.0 Å². The average Bonchev–Trinajstić information content (AvgIpc) is 3.62. The van der Waals surface area contributed by atoms with Crippen LogP contribution >= 0.6 is 0 Å². The molecule has 12 heteroatoms. The van der Waals surface area contributed by atoms with Gasteiger partial charge in [-0.15, -0.1) is 0 Å². The van der Waals surface area contributed by atoms with Gasteiger partial charge in [0.1, 0.15) is 23.6 Å². The number of hydrogen-bond acceptors (Lipinski definition) is 9. The molecule has 5 rings (SSSR count). The molecule has 45 heavy (non-hydrogen) atoms. The first kappa shape index (κ1) is 32.4. The third-order valence-corrected chi connectivity index (χ3v) is 8.85. The molecule has 3 unspecified atom stereocenters. The number of aryl methyl sites for hydroxylation is 2. The highest BCUT2D eigenvalue weighted by molar-refractivity contribution is 5.89. The lowest BCUT2D eigenvalue weighted by molar-refractivity contribution is -0.165. The van der Waals surface area contributed by atoms with E-state index in [-0.39, 0.29) is 36.0 Å². The molecular weight excluding hydrogens is 583 g/mol. The summed E-state index contributed by atoms with van der Waals surface area (Å²) in [7, 11) is 0. The van der Waals surface area contributed by atoms with Crippen LogP contribution in [0.15, 0.2) is 16.5 Å². The molecule has 2 fully saturated rings. The number of oxazole rings is 1. The van der Waals surface area contributed by atoms with Crippen molar-refractivity contribution >= 4 is 23.1 Å². The second-order valence-corrected chi connectivity index (χ2v) is 13.1. The first-order valence-electron chi connectivity index (χ1n) is 15.8. The largest absolute Gasteiger partial charge is 0.483 e. The zero-order valence-electron chi connectivity index (χ0n) is 26.9. The first-order chi connectivity index (χ1) is 21.4. The Morgan fingerprint density at radius 2 is 1.80 bits per heavy atom. The van der Waals surface area contributed by atoms with E-state index >= 15 is 0 Å². The number of nitrogens with zero attached hydrogens (tertiary/aromatic N) is 4. The van der Waals surface area contributed by atoms with Crippen LogP contribution in [0.3, 0.4) is 0 Å². The van der Waals surface area contributed by atoms with E-state index in [9.17, 15) is 19.1 Å². The van der Waals surface area contributed by atoms with E-state index in [1.165, 1.54) is 4.90 Å². The number of carbonyl (C=O) groups is 2. The highest BCUT2D eigenvalue weighted by Gasteiger charge is 2.57. The SMILES string of the molecule is CCCOc1nc(OC2CCCCC2F)nc2oc(-c3cc(C)c(OCC(=O)N4CCCC4(C(=O)O)C(C)(C)C)c(C)c3)nc12. The predicted molar refractivity (Wildman–Crippen MR) is 164 cm³/mol. The summed E-state index contributed by atoms with van der Waals surface area (Å²) in [4.78, 5) is 40.6. The molecule has 1 N–H and O–H groups in total. The number of ether oxygens (including phenoxy) is 3. The lowest BCUT2D eigenvalue weighted by Crippen LogP contribution is -2.61. The number of carbonyl (C=O) groups excluding carboxylic acids is 1. The summed E-state index contributed by atoms with van der Waals surface area (Å²) in [5, 5.41) is 10.2. The number of carboxylic acids is 1. The third kappa shape index (κ3) is 6.28. The summed E-state index contributed by atoms with van der Waals surface area (Å²) in [5.41, 5.74) is 0.697. The Kier molecular flexibility index (Phi) is 9.23. The molecule has 3 heterocycles. The molecular formula is C33H43FN4O7. The minimum Gasteiger partial charge on any atom is -0.483 e. The number of rotatable bonds is 10.